The molecular formula is C19H28N2O3. The van der Waals surface area contributed by atoms with Crippen LogP contribution in [0.1, 0.15) is 50.2 Å². The molecule has 1 aliphatic carbocycles. The molecule has 2 aliphatic rings. The number of nitrogens with one attached hydrogen (secondary N) is 2. The molecular weight excluding hydrogens is 304 g/mol. The maximum Gasteiger partial charge on any atom is 0.315 e. The molecule has 2 atom stereocenters. The van der Waals surface area contributed by atoms with Crippen LogP contribution in [-0.4, -0.2) is 37.9 Å². The van der Waals surface area contributed by atoms with E-state index in [0.29, 0.717) is 6.54 Å². The Labute approximate surface area is 144 Å². The van der Waals surface area contributed by atoms with E-state index in [-0.39, 0.29) is 23.8 Å². The molecule has 1 saturated heterocycles. The van der Waals surface area contributed by atoms with E-state index in [9.17, 15) is 4.79 Å². The third kappa shape index (κ3) is 4.28. The van der Waals surface area contributed by atoms with E-state index in [2.05, 4.69) is 10.6 Å². The molecule has 1 aromatic rings. The van der Waals surface area contributed by atoms with Crippen LogP contribution in [0.15, 0.2) is 30.3 Å². The highest BCUT2D eigenvalue weighted by atomic mass is 16.5. The van der Waals surface area contributed by atoms with Crippen LogP contribution in [0.5, 0.6) is 0 Å². The third-order valence-corrected chi connectivity index (χ3v) is 5.25. The van der Waals surface area contributed by atoms with Crippen LogP contribution in [0.25, 0.3) is 0 Å². The van der Waals surface area contributed by atoms with Gasteiger partial charge in [0.2, 0.25) is 0 Å². The van der Waals surface area contributed by atoms with Crippen LogP contribution < -0.4 is 10.6 Å². The zero-order chi connectivity index (χ0) is 16.8. The lowest BCUT2D eigenvalue weighted by Gasteiger charge is -2.38. The molecule has 1 spiro atoms. The highest BCUT2D eigenvalue weighted by molar-refractivity contribution is 5.74. The number of hydrogen-bond donors (Lipinski definition) is 2. The number of benzene rings is 1. The zero-order valence-corrected chi connectivity index (χ0v) is 14.4. The maximum absolute atomic E-state index is 12.2. The average Bonchev–Trinajstić information content (AvgIpc) is 3.04. The Morgan fingerprint density at radius 1 is 1.33 bits per heavy atom. The van der Waals surface area contributed by atoms with E-state index in [1.807, 2.05) is 30.3 Å². The standard InChI is InChI=1S/C19H28N2O3/c1-23-17(15-7-3-2-4-8-15)14-20-18(22)21-16-9-12-24-19(13-16)10-5-6-11-19/h2-4,7-8,16-17H,5-6,9-14H2,1H3,(H2,20,21,22). The molecule has 2 fully saturated rings. The van der Waals surface area contributed by atoms with Gasteiger partial charge in [-0.25, -0.2) is 4.79 Å². The summed E-state index contributed by atoms with van der Waals surface area (Å²) in [7, 11) is 1.67. The highest BCUT2D eigenvalue weighted by Crippen LogP contribution is 2.39. The first kappa shape index (κ1) is 17.2. The Bertz CT molecular complexity index is 529. The van der Waals surface area contributed by atoms with Crippen LogP contribution in [-0.2, 0) is 9.47 Å². The van der Waals surface area contributed by atoms with E-state index in [1.54, 1.807) is 7.11 Å². The van der Waals surface area contributed by atoms with Crippen molar-refractivity contribution in [2.45, 2.75) is 56.3 Å². The SMILES string of the molecule is COC(CNC(=O)NC1CCOC2(CCCC2)C1)c1ccccc1. The van der Waals surface area contributed by atoms with Crippen molar-refractivity contribution in [2.75, 3.05) is 20.3 Å². The predicted molar refractivity (Wildman–Crippen MR) is 92.9 cm³/mol. The molecule has 3 rings (SSSR count). The van der Waals surface area contributed by atoms with Gasteiger partial charge in [-0.05, 0) is 31.2 Å². The number of carbonyl (C=O) groups is 1. The van der Waals surface area contributed by atoms with Crippen molar-refractivity contribution in [1.82, 2.24) is 10.6 Å². The Hall–Kier alpha value is -1.59. The summed E-state index contributed by atoms with van der Waals surface area (Å²) in [6.45, 7) is 1.20. The lowest BCUT2D eigenvalue weighted by atomic mass is 9.89. The van der Waals surface area contributed by atoms with E-state index >= 15 is 0 Å². The van der Waals surface area contributed by atoms with Gasteiger partial charge in [0, 0.05) is 26.3 Å². The largest absolute Gasteiger partial charge is 0.375 e. The topological polar surface area (TPSA) is 59.6 Å². The van der Waals surface area contributed by atoms with Gasteiger partial charge in [-0.3, -0.25) is 0 Å². The molecule has 1 heterocycles. The molecule has 2 amide bonds. The second-order valence-electron chi connectivity index (χ2n) is 6.92. The number of ether oxygens (including phenoxy) is 2. The fourth-order valence-electron chi connectivity index (χ4n) is 3.95. The number of hydrogen-bond acceptors (Lipinski definition) is 3. The molecule has 0 aromatic heterocycles. The summed E-state index contributed by atoms with van der Waals surface area (Å²) in [4.78, 5) is 12.2. The number of carbonyl (C=O) groups excluding carboxylic acids is 1. The molecule has 5 heteroatoms. The quantitative estimate of drug-likeness (QED) is 0.871. The number of methoxy groups -OCH3 is 1. The number of rotatable bonds is 5. The number of amides is 2. The first-order valence-corrected chi connectivity index (χ1v) is 8.97. The van der Waals surface area contributed by atoms with Gasteiger partial charge in [0.05, 0.1) is 11.7 Å². The summed E-state index contributed by atoms with van der Waals surface area (Å²) in [5, 5.41) is 6.06. The summed E-state index contributed by atoms with van der Waals surface area (Å²) in [6, 6.07) is 10.0. The molecule has 1 aliphatic heterocycles. The average molecular weight is 332 g/mol. The van der Waals surface area contributed by atoms with Crippen molar-refractivity contribution in [2.24, 2.45) is 0 Å². The zero-order valence-electron chi connectivity index (χ0n) is 14.4. The van der Waals surface area contributed by atoms with Crippen LogP contribution in [0.4, 0.5) is 4.79 Å². The molecule has 2 unspecified atom stereocenters. The minimum absolute atomic E-state index is 0.0231. The fourth-order valence-corrected chi connectivity index (χ4v) is 3.95. The fraction of sp³-hybridized carbons (Fsp3) is 0.632. The Balaban J connectivity index is 1.47. The van der Waals surface area contributed by atoms with Crippen molar-refractivity contribution < 1.29 is 14.3 Å². The van der Waals surface area contributed by atoms with Crippen molar-refractivity contribution in [3.63, 3.8) is 0 Å². The first-order chi connectivity index (χ1) is 11.7. The van der Waals surface area contributed by atoms with Gasteiger partial charge in [0.25, 0.3) is 0 Å². The van der Waals surface area contributed by atoms with Gasteiger partial charge >= 0.3 is 6.03 Å². The first-order valence-electron chi connectivity index (χ1n) is 8.97. The monoisotopic (exact) mass is 332 g/mol. The molecule has 132 valence electrons. The molecule has 24 heavy (non-hydrogen) atoms. The third-order valence-electron chi connectivity index (χ3n) is 5.25. The van der Waals surface area contributed by atoms with E-state index in [0.717, 1.165) is 37.9 Å². The summed E-state index contributed by atoms with van der Waals surface area (Å²) in [5.74, 6) is 0. The van der Waals surface area contributed by atoms with Gasteiger partial charge in [-0.2, -0.15) is 0 Å². The summed E-state index contributed by atoms with van der Waals surface area (Å²) in [5.41, 5.74) is 1.09. The van der Waals surface area contributed by atoms with Gasteiger partial charge in [-0.1, -0.05) is 43.2 Å². The molecule has 1 aromatic carbocycles. The smallest absolute Gasteiger partial charge is 0.315 e. The van der Waals surface area contributed by atoms with Gasteiger partial charge < -0.3 is 20.1 Å². The Morgan fingerprint density at radius 3 is 2.79 bits per heavy atom. The lowest BCUT2D eigenvalue weighted by Crippen LogP contribution is -2.50. The molecule has 0 radical (unpaired) electrons. The Kier molecular flexibility index (Phi) is 5.74. The minimum atomic E-state index is -0.132. The van der Waals surface area contributed by atoms with Crippen LogP contribution in [0, 0.1) is 0 Å². The molecule has 2 N–H and O–H groups in total. The second kappa shape index (κ2) is 7.99. The summed E-state index contributed by atoms with van der Waals surface area (Å²) >= 11 is 0. The van der Waals surface area contributed by atoms with Crippen molar-refractivity contribution in [3.8, 4) is 0 Å². The molecule has 1 saturated carbocycles. The van der Waals surface area contributed by atoms with E-state index < -0.39 is 0 Å². The van der Waals surface area contributed by atoms with Gasteiger partial charge in [0.1, 0.15) is 0 Å². The second-order valence-corrected chi connectivity index (χ2v) is 6.92. The minimum Gasteiger partial charge on any atom is -0.375 e. The van der Waals surface area contributed by atoms with Gasteiger partial charge in [0.15, 0.2) is 0 Å². The summed E-state index contributed by atoms with van der Waals surface area (Å²) < 4.78 is 11.5. The van der Waals surface area contributed by atoms with Crippen molar-refractivity contribution in [1.29, 1.82) is 0 Å². The van der Waals surface area contributed by atoms with Crippen LogP contribution in [0.2, 0.25) is 0 Å². The predicted octanol–water partition coefficient (Wildman–Crippen LogP) is 3.17. The normalized spacial score (nSPS) is 23.8. The van der Waals surface area contributed by atoms with Crippen LogP contribution >= 0.6 is 0 Å². The van der Waals surface area contributed by atoms with E-state index in [1.165, 1.54) is 12.8 Å². The number of urea groups is 1. The van der Waals surface area contributed by atoms with Crippen LogP contribution in [0.3, 0.4) is 0 Å². The lowest BCUT2D eigenvalue weighted by molar-refractivity contribution is -0.0820. The van der Waals surface area contributed by atoms with Crippen molar-refractivity contribution in [3.05, 3.63) is 35.9 Å². The highest BCUT2D eigenvalue weighted by Gasteiger charge is 2.40. The Morgan fingerprint density at radius 2 is 2.08 bits per heavy atom. The molecule has 5 nitrogen and oxygen atoms in total. The van der Waals surface area contributed by atoms with E-state index in [4.69, 9.17) is 9.47 Å². The van der Waals surface area contributed by atoms with Gasteiger partial charge in [-0.15, -0.1) is 0 Å². The summed E-state index contributed by atoms with van der Waals surface area (Å²) in [6.07, 6.45) is 6.44. The maximum atomic E-state index is 12.2. The molecule has 0 bridgehead atoms. The van der Waals surface area contributed by atoms with Crippen molar-refractivity contribution >= 4 is 6.03 Å².